The van der Waals surface area contributed by atoms with E-state index in [-0.39, 0.29) is 85.7 Å². The fourth-order valence-electron chi connectivity index (χ4n) is 8.97. The van der Waals surface area contributed by atoms with Crippen molar-refractivity contribution in [3.8, 4) is 34.5 Å². The number of benzene rings is 6. The van der Waals surface area contributed by atoms with Gasteiger partial charge in [-0.05, 0) is 148 Å². The van der Waals surface area contributed by atoms with Gasteiger partial charge in [0.1, 0.15) is 131 Å². The molecule has 20 heteroatoms. The lowest BCUT2D eigenvalue weighted by atomic mass is 9.71. The van der Waals surface area contributed by atoms with E-state index in [1.807, 2.05) is 79.7 Å². The summed E-state index contributed by atoms with van der Waals surface area (Å²) in [7, 11) is 0. The average Bonchev–Trinajstić information content (AvgIpc) is 1.34. The molecule has 500 valence electrons. The number of ether oxygens (including phenoxy) is 12. The van der Waals surface area contributed by atoms with Crippen molar-refractivity contribution in [1.29, 1.82) is 0 Å². The molecule has 6 aromatic carbocycles. The molecule has 20 nitrogen and oxygen atoms in total. The quantitative estimate of drug-likeness (QED) is 0.00962. The Bertz CT molecular complexity index is 3120. The number of carboxylic acid groups (broad SMARTS) is 1. The standard InChI is InChI=1S/C41H48O12.C29H30O6.C4H6O2/c1-26(2)38(45)51-23-32(42)20-48-35-14-8-29(9-15-35)41(7,30-10-16-36(17-11-30)49-21-33(43)24-52-39(46)27(3)4)31-12-18-37(19-13-31)50-22-34(44)25-53-40(47)28(5)6;1-29(20-2-8-23(9-3-20)30-14-26-17-33-26,21-4-10-24(11-5-21)31-15-27-18-34-27)22-6-12-25(13-7-22)32-16-28-19-35-28;1-3(2)4(5)6/h8-19,32-34,42-44H,1,3,5,20-25H2,2,4,6-7H3;2-13,26-28H,14-19H2,1H3;1H2,2H3,(H,5,6). The van der Waals surface area contributed by atoms with Gasteiger partial charge in [0.15, 0.2) is 0 Å². The monoisotopic (exact) mass is 1290 g/mol. The van der Waals surface area contributed by atoms with Gasteiger partial charge in [0.05, 0.1) is 19.8 Å². The number of aliphatic hydroxyl groups excluding tert-OH is 3. The van der Waals surface area contributed by atoms with Crippen LogP contribution in [0.15, 0.2) is 194 Å². The fraction of sp³-hybridized carbons (Fsp3) is 0.351. The summed E-state index contributed by atoms with van der Waals surface area (Å²) >= 11 is 0. The van der Waals surface area contributed by atoms with Gasteiger partial charge in [-0.2, -0.15) is 0 Å². The Labute approximate surface area is 548 Å². The first-order chi connectivity index (χ1) is 44.9. The third kappa shape index (κ3) is 22.5. The first-order valence-corrected chi connectivity index (χ1v) is 30.6. The zero-order valence-electron chi connectivity index (χ0n) is 54.0. The predicted octanol–water partition coefficient (Wildman–Crippen LogP) is 9.64. The molecule has 6 aromatic rings. The molecule has 0 bridgehead atoms. The van der Waals surface area contributed by atoms with E-state index in [0.717, 1.165) is 53.8 Å². The van der Waals surface area contributed by atoms with Crippen molar-refractivity contribution in [1.82, 2.24) is 0 Å². The lowest BCUT2D eigenvalue weighted by Gasteiger charge is -2.32. The van der Waals surface area contributed by atoms with Gasteiger partial charge in [-0.3, -0.25) is 0 Å². The molecule has 3 fully saturated rings. The van der Waals surface area contributed by atoms with E-state index in [4.69, 9.17) is 61.9 Å². The normalized spacial score (nSPS) is 17.0. The van der Waals surface area contributed by atoms with E-state index in [0.29, 0.717) is 37.1 Å². The number of hydrogen-bond donors (Lipinski definition) is 4. The van der Waals surface area contributed by atoms with Crippen molar-refractivity contribution in [2.75, 3.05) is 79.3 Å². The van der Waals surface area contributed by atoms with Gasteiger partial charge < -0.3 is 77.3 Å². The summed E-state index contributed by atoms with van der Waals surface area (Å²) in [5, 5.41) is 38.5. The molecule has 3 heterocycles. The zero-order valence-corrected chi connectivity index (χ0v) is 54.0. The van der Waals surface area contributed by atoms with Crippen LogP contribution in [-0.4, -0.2) is 160 Å². The number of esters is 3. The molecule has 0 aliphatic carbocycles. The Morgan fingerprint density at radius 1 is 0.372 bits per heavy atom. The van der Waals surface area contributed by atoms with Crippen LogP contribution in [0.3, 0.4) is 0 Å². The predicted molar refractivity (Wildman–Crippen MR) is 350 cm³/mol. The summed E-state index contributed by atoms with van der Waals surface area (Å²) in [6.07, 6.45) is -2.41. The maximum Gasteiger partial charge on any atom is 0.333 e. The first kappa shape index (κ1) is 72.2. The van der Waals surface area contributed by atoms with Crippen LogP contribution in [-0.2, 0) is 58.4 Å². The van der Waals surface area contributed by atoms with E-state index >= 15 is 0 Å². The van der Waals surface area contributed by atoms with Gasteiger partial charge >= 0.3 is 23.9 Å². The summed E-state index contributed by atoms with van der Waals surface area (Å²) in [6.45, 7) is 27.2. The molecular formula is C74H84O20. The molecule has 3 aliphatic heterocycles. The van der Waals surface area contributed by atoms with Crippen LogP contribution in [0.4, 0.5) is 0 Å². The lowest BCUT2D eigenvalue weighted by molar-refractivity contribution is -0.143. The molecule has 4 N–H and O–H groups in total. The summed E-state index contributed by atoms with van der Waals surface area (Å²) in [4.78, 5) is 44.5. The van der Waals surface area contributed by atoms with Gasteiger partial charge in [-0.15, -0.1) is 0 Å². The molecule has 6 unspecified atom stereocenters. The van der Waals surface area contributed by atoms with Crippen molar-refractivity contribution in [3.05, 3.63) is 228 Å². The Morgan fingerprint density at radius 2 is 0.553 bits per heavy atom. The highest BCUT2D eigenvalue weighted by atomic mass is 16.6. The topological polar surface area (TPSA) is 270 Å². The average molecular weight is 1290 g/mol. The summed E-state index contributed by atoms with van der Waals surface area (Å²) in [5.74, 6) is 1.32. The molecular weight excluding hydrogens is 1210 g/mol. The minimum absolute atomic E-state index is 0.0982. The Kier molecular flexibility index (Phi) is 26.5. The van der Waals surface area contributed by atoms with E-state index in [2.05, 4.69) is 69.6 Å². The SMILES string of the molecule is C=C(C)C(=O)O.C=C(C)C(=O)OCC(O)COc1ccc(C(C)(c2ccc(OCC(O)COC(=O)C(=C)C)cc2)c2ccc(OCC(O)COC(=O)C(=C)C)cc2)cc1.CC(c1ccc(OCC2CO2)cc1)(c1ccc(OCC2CO2)cc1)c1ccc(OCC2CO2)cc1. The molecule has 0 amide bonds. The second kappa shape index (κ2) is 34.6. The van der Waals surface area contributed by atoms with Gasteiger partial charge in [0, 0.05) is 33.1 Å². The van der Waals surface area contributed by atoms with Crippen LogP contribution in [0.2, 0.25) is 0 Å². The number of aliphatic carboxylic acids is 1. The number of epoxide rings is 3. The Morgan fingerprint density at radius 3 is 0.713 bits per heavy atom. The molecule has 3 aliphatic rings. The molecule has 0 saturated carbocycles. The van der Waals surface area contributed by atoms with Gasteiger partial charge in [-0.25, -0.2) is 19.2 Å². The van der Waals surface area contributed by atoms with Crippen LogP contribution >= 0.6 is 0 Å². The van der Waals surface area contributed by atoms with E-state index in [1.54, 1.807) is 36.4 Å². The van der Waals surface area contributed by atoms with Crippen molar-refractivity contribution in [3.63, 3.8) is 0 Å². The fourth-order valence-corrected chi connectivity index (χ4v) is 8.97. The molecule has 94 heavy (non-hydrogen) atoms. The Balaban J connectivity index is 0.000000260. The van der Waals surface area contributed by atoms with Crippen molar-refractivity contribution in [2.45, 2.75) is 89.0 Å². The van der Waals surface area contributed by atoms with Crippen molar-refractivity contribution >= 4 is 23.9 Å². The van der Waals surface area contributed by atoms with Crippen LogP contribution < -0.4 is 28.4 Å². The second-order valence-electron chi connectivity index (χ2n) is 23.3. The molecule has 9 rings (SSSR count). The minimum Gasteiger partial charge on any atom is -0.491 e. The van der Waals surface area contributed by atoms with Gasteiger partial charge in [0.2, 0.25) is 0 Å². The number of carbonyl (C=O) groups is 4. The number of hydrogen-bond acceptors (Lipinski definition) is 19. The van der Waals surface area contributed by atoms with Crippen molar-refractivity contribution < 1.29 is 96.4 Å². The molecule has 3 saturated heterocycles. The maximum atomic E-state index is 11.6. The largest absolute Gasteiger partial charge is 0.491 e. The van der Waals surface area contributed by atoms with Crippen molar-refractivity contribution in [2.24, 2.45) is 0 Å². The third-order valence-electron chi connectivity index (χ3n) is 15.1. The number of carbonyl (C=O) groups excluding carboxylic acids is 3. The summed E-state index contributed by atoms with van der Waals surface area (Å²) < 4.78 is 65.5. The molecule has 6 atom stereocenters. The zero-order chi connectivity index (χ0) is 68.0. The molecule has 0 aromatic heterocycles. The first-order valence-electron chi connectivity index (χ1n) is 30.6. The van der Waals surface area contributed by atoms with Gasteiger partial charge in [-0.1, -0.05) is 99.1 Å². The van der Waals surface area contributed by atoms with Crippen LogP contribution in [0.5, 0.6) is 34.5 Å². The lowest BCUT2D eigenvalue weighted by Crippen LogP contribution is -2.27. The third-order valence-corrected chi connectivity index (χ3v) is 15.1. The minimum atomic E-state index is -1.04. The van der Waals surface area contributed by atoms with E-state index < -0.39 is 47.6 Å². The Hall–Kier alpha value is -9.28. The maximum absolute atomic E-state index is 11.6. The highest BCUT2D eigenvalue weighted by Crippen LogP contribution is 2.42. The summed E-state index contributed by atoms with van der Waals surface area (Å²) in [6, 6.07) is 47.2. The second-order valence-corrected chi connectivity index (χ2v) is 23.3. The molecule has 0 radical (unpaired) electrons. The highest BCUT2D eigenvalue weighted by molar-refractivity contribution is 5.88. The van der Waals surface area contributed by atoms with Crippen LogP contribution in [0.1, 0.15) is 74.9 Å². The number of aliphatic hydroxyl groups is 3. The van der Waals surface area contributed by atoms with Crippen LogP contribution in [0.25, 0.3) is 0 Å². The van der Waals surface area contributed by atoms with E-state index in [9.17, 15) is 34.5 Å². The van der Waals surface area contributed by atoms with Gasteiger partial charge in [0.25, 0.3) is 0 Å². The number of carboxylic acids is 1. The molecule has 0 spiro atoms. The van der Waals surface area contributed by atoms with E-state index in [1.165, 1.54) is 44.4 Å². The number of rotatable bonds is 34. The summed E-state index contributed by atoms with van der Waals surface area (Å²) in [5.41, 5.74) is 5.98. The van der Waals surface area contributed by atoms with Crippen LogP contribution in [0, 0.1) is 0 Å². The smallest absolute Gasteiger partial charge is 0.333 e. The highest BCUT2D eigenvalue weighted by Gasteiger charge is 2.34.